The zero-order valence-corrected chi connectivity index (χ0v) is 34.9. The van der Waals surface area contributed by atoms with Crippen molar-refractivity contribution < 1.29 is 4.58 Å². The van der Waals surface area contributed by atoms with E-state index in [-0.39, 0.29) is 0 Å². The third kappa shape index (κ3) is 5.41. The monoisotopic (exact) mass is 814 g/mol. The molecule has 298 valence electrons. The Labute approximate surface area is 372 Å². The van der Waals surface area contributed by atoms with Gasteiger partial charge < -0.3 is 4.90 Å². The Morgan fingerprint density at radius 1 is 0.344 bits per heavy atom. The highest BCUT2D eigenvalue weighted by Gasteiger charge is 2.52. The van der Waals surface area contributed by atoms with E-state index < -0.39 is 5.41 Å². The lowest BCUT2D eigenvalue weighted by atomic mass is 9.64. The molecule has 3 nitrogen and oxygen atoms in total. The van der Waals surface area contributed by atoms with Crippen molar-refractivity contribution in [1.82, 2.24) is 0 Å². The standard InChI is InChI=1S/C61H40N3/c1-4-17-41(18-5-1)42-31-33-44(34-32-42)60-62-59(43-19-6-2-7-20-43)64(60)50-26-16-23-45(37-50)48-35-36-53-51(39-48)52-38-46-21-10-11-22-47(46)40-56(52)61(53)54-27-12-14-29-57(54)63(49-24-8-3-9-25-49)58-30-15-13-28-55(58)61/h1-40H/q+1. The van der Waals surface area contributed by atoms with Gasteiger partial charge in [-0.2, -0.15) is 4.58 Å². The number of hydrogen-bond acceptors (Lipinski definition) is 2. The lowest BCUT2D eigenvalue weighted by Gasteiger charge is -2.45. The van der Waals surface area contributed by atoms with Gasteiger partial charge in [0, 0.05) is 5.69 Å². The van der Waals surface area contributed by atoms with Gasteiger partial charge in [-0.25, -0.2) is 0 Å². The molecule has 0 fully saturated rings. The first-order valence-corrected chi connectivity index (χ1v) is 22.0. The maximum Gasteiger partial charge on any atom is 0.279 e. The van der Waals surface area contributed by atoms with E-state index >= 15 is 0 Å². The molecule has 10 aromatic carbocycles. The molecule has 2 aliphatic heterocycles. The first kappa shape index (κ1) is 36.3. The zero-order valence-electron chi connectivity index (χ0n) is 34.9. The van der Waals surface area contributed by atoms with E-state index in [2.05, 4.69) is 252 Å². The van der Waals surface area contributed by atoms with E-state index in [0.29, 0.717) is 0 Å². The molecule has 0 radical (unpaired) electrons. The number of fused-ring (bicyclic) bond motifs is 10. The van der Waals surface area contributed by atoms with Crippen molar-refractivity contribution >= 4 is 45.2 Å². The first-order valence-electron chi connectivity index (χ1n) is 22.0. The summed E-state index contributed by atoms with van der Waals surface area (Å²) in [4.78, 5) is 7.63. The highest BCUT2D eigenvalue weighted by Crippen LogP contribution is 2.64. The van der Waals surface area contributed by atoms with Gasteiger partial charge in [0.05, 0.1) is 27.9 Å². The third-order valence-corrected chi connectivity index (χ3v) is 13.5. The third-order valence-electron chi connectivity index (χ3n) is 13.5. The minimum atomic E-state index is -0.536. The van der Waals surface area contributed by atoms with Gasteiger partial charge in [-0.15, -0.1) is 0 Å². The Kier molecular flexibility index (Phi) is 8.13. The fraction of sp³-hybridized carbons (Fsp3) is 0.0164. The predicted molar refractivity (Wildman–Crippen MR) is 264 cm³/mol. The number of nitrogens with zero attached hydrogens (tertiary/aromatic N) is 3. The number of benzene rings is 10. The number of aliphatic imine (C=N–C) groups is 1. The van der Waals surface area contributed by atoms with E-state index in [1.54, 1.807) is 0 Å². The van der Waals surface area contributed by atoms with Gasteiger partial charge in [-0.1, -0.05) is 169 Å². The molecule has 0 bridgehead atoms. The summed E-state index contributed by atoms with van der Waals surface area (Å²) >= 11 is 0. The van der Waals surface area contributed by atoms with Crippen LogP contribution in [0.2, 0.25) is 0 Å². The van der Waals surface area contributed by atoms with Crippen molar-refractivity contribution in [3.63, 3.8) is 0 Å². The fourth-order valence-electron chi connectivity index (χ4n) is 10.6. The smallest absolute Gasteiger partial charge is 0.279 e. The molecule has 0 aromatic heterocycles. The highest BCUT2D eigenvalue weighted by molar-refractivity contribution is 6.16. The molecule has 1 aliphatic carbocycles. The van der Waals surface area contributed by atoms with Crippen molar-refractivity contribution in [2.24, 2.45) is 4.99 Å². The van der Waals surface area contributed by atoms with Crippen LogP contribution in [0.15, 0.2) is 248 Å². The van der Waals surface area contributed by atoms with Crippen molar-refractivity contribution in [3.8, 4) is 33.4 Å². The Morgan fingerprint density at radius 2 is 0.859 bits per heavy atom. The number of para-hydroxylation sites is 3. The van der Waals surface area contributed by atoms with Crippen LogP contribution in [-0.2, 0) is 5.41 Å². The first-order chi connectivity index (χ1) is 31.7. The van der Waals surface area contributed by atoms with Gasteiger partial charge in [0.25, 0.3) is 11.7 Å². The number of hydrogen-bond donors (Lipinski definition) is 0. The lowest BCUT2D eigenvalue weighted by molar-refractivity contribution is -0.319. The summed E-state index contributed by atoms with van der Waals surface area (Å²) in [5.41, 5.74) is 18.7. The zero-order chi connectivity index (χ0) is 42.2. The van der Waals surface area contributed by atoms with Crippen LogP contribution in [-0.4, -0.2) is 16.2 Å². The molecule has 3 aliphatic rings. The molecule has 1 spiro atoms. The lowest BCUT2D eigenvalue weighted by Crippen LogP contribution is -2.36. The normalized spacial score (nSPS) is 14.1. The van der Waals surface area contributed by atoms with Crippen LogP contribution in [0.4, 0.5) is 22.7 Å². The van der Waals surface area contributed by atoms with Crippen LogP contribution in [0.3, 0.4) is 0 Å². The Morgan fingerprint density at radius 3 is 1.56 bits per heavy atom. The molecule has 64 heavy (non-hydrogen) atoms. The van der Waals surface area contributed by atoms with Gasteiger partial charge in [-0.3, -0.25) is 0 Å². The van der Waals surface area contributed by atoms with E-state index in [9.17, 15) is 0 Å². The van der Waals surface area contributed by atoms with Crippen molar-refractivity contribution in [1.29, 1.82) is 0 Å². The summed E-state index contributed by atoms with van der Waals surface area (Å²) in [7, 11) is 0. The van der Waals surface area contributed by atoms with E-state index in [1.807, 2.05) is 0 Å². The highest BCUT2D eigenvalue weighted by atomic mass is 15.2. The van der Waals surface area contributed by atoms with Crippen LogP contribution >= 0.6 is 0 Å². The molecular weight excluding hydrogens is 775 g/mol. The molecule has 0 saturated heterocycles. The van der Waals surface area contributed by atoms with Crippen molar-refractivity contribution in [2.75, 3.05) is 4.90 Å². The van der Waals surface area contributed by atoms with Crippen LogP contribution < -0.4 is 4.90 Å². The number of anilines is 3. The summed E-state index contributed by atoms with van der Waals surface area (Å²) in [6.45, 7) is 0. The Hall–Kier alpha value is -8.40. The van der Waals surface area contributed by atoms with Crippen LogP contribution in [0.1, 0.15) is 33.4 Å². The predicted octanol–water partition coefficient (Wildman–Crippen LogP) is 14.9. The quantitative estimate of drug-likeness (QED) is 0.153. The topological polar surface area (TPSA) is 18.6 Å². The summed E-state index contributed by atoms with van der Waals surface area (Å²) < 4.78 is 2.31. The summed E-state index contributed by atoms with van der Waals surface area (Å²) in [6, 6.07) is 88.6. The molecule has 10 aromatic rings. The molecule has 3 heteroatoms. The fourth-order valence-corrected chi connectivity index (χ4v) is 10.6. The molecule has 0 saturated carbocycles. The summed E-state index contributed by atoms with van der Waals surface area (Å²) in [6.07, 6.45) is 0. The summed E-state index contributed by atoms with van der Waals surface area (Å²) in [5, 5.41) is 2.49. The molecular formula is C61H40N3+. The molecule has 0 unspecified atom stereocenters. The van der Waals surface area contributed by atoms with Crippen LogP contribution in [0.5, 0.6) is 0 Å². The maximum atomic E-state index is 5.19. The number of amidine groups is 2. The Bertz CT molecular complexity index is 3480. The second-order valence-corrected chi connectivity index (χ2v) is 16.9. The minimum Gasteiger partial charge on any atom is -0.310 e. The van der Waals surface area contributed by atoms with E-state index in [4.69, 9.17) is 4.99 Å². The van der Waals surface area contributed by atoms with Gasteiger partial charge in [0.1, 0.15) is 5.69 Å². The second-order valence-electron chi connectivity index (χ2n) is 16.9. The number of rotatable bonds is 6. The van der Waals surface area contributed by atoms with Crippen molar-refractivity contribution in [2.45, 2.75) is 5.41 Å². The SMILES string of the molecule is c1ccc(C2=NC(c3ccc(-c4ccccc4)cc3)=[N+]2c2cccc(-c3ccc4c(c3)-c3cc5ccccc5cc3C43c4ccccc4N(c4ccccc4)c4ccccc43)c2)cc1. The van der Waals surface area contributed by atoms with Crippen LogP contribution in [0.25, 0.3) is 44.2 Å². The van der Waals surface area contributed by atoms with Gasteiger partial charge in [0.15, 0.2) is 0 Å². The average Bonchev–Trinajstić information content (AvgIpc) is 3.63. The molecule has 0 amide bonds. The van der Waals surface area contributed by atoms with Gasteiger partial charge in [0.2, 0.25) is 0 Å². The largest absolute Gasteiger partial charge is 0.310 e. The second kappa shape index (κ2) is 14.3. The van der Waals surface area contributed by atoms with Crippen LogP contribution in [0, 0.1) is 0 Å². The van der Waals surface area contributed by atoms with E-state index in [1.165, 1.54) is 72.2 Å². The van der Waals surface area contributed by atoms with Crippen molar-refractivity contribution in [3.05, 3.63) is 276 Å². The van der Waals surface area contributed by atoms with Gasteiger partial charge >= 0.3 is 0 Å². The summed E-state index contributed by atoms with van der Waals surface area (Å²) in [5.74, 6) is 1.88. The Balaban J connectivity index is 0.987. The minimum absolute atomic E-state index is 0.536. The maximum absolute atomic E-state index is 5.19. The molecule has 13 rings (SSSR count). The molecule has 2 heterocycles. The molecule has 0 N–H and O–H groups in total. The van der Waals surface area contributed by atoms with E-state index in [0.717, 1.165) is 39.7 Å². The molecule has 0 atom stereocenters. The average molecular weight is 815 g/mol. The van der Waals surface area contributed by atoms with Gasteiger partial charge in [-0.05, 0) is 145 Å².